The van der Waals surface area contributed by atoms with Crippen LogP contribution in [-0.4, -0.2) is 197 Å². The molecule has 0 atom stereocenters. The van der Waals surface area contributed by atoms with Crippen molar-refractivity contribution in [2.45, 2.75) is 52.4 Å². The monoisotopic (exact) mass is 1410 g/mol. The SMILES string of the molecule is Fc1cc(F)cc(CN2CCN3CCN(Cc4cc(F)cc(F)c4)CCN(CC2)Cc2ccc(cc2)OCCOCCOc2ccc(cc2)CN2CCN(Cc4cc(F)cc(F)c4)CCN(CCN(Cc4cc(F)cc(F)c4)CC2)Cc2ccc(cc2)OCCOCCOc2ccc(cc2)C3)c1. The lowest BCUT2D eigenvalue weighted by Gasteiger charge is -2.34. The van der Waals surface area contributed by atoms with Crippen molar-refractivity contribution in [2.75, 3.05) is 158 Å². The predicted octanol–water partition coefficient (Wildman–Crippen LogP) is 12.7. The standard InChI is InChI=1S/C80H92F8N8O6/c81-69-41-65(42-70(82)49-69)57-93-25-17-89-18-26-94(58-66-43-71(83)50-72(84)44-66)28-20-90(19-27-93)54-62-5-13-79(14-6-62)101-39-35-98-36-40-102-80-15-7-64(8-16-80)56-92-23-31-95(59-67-45-73(85)51-74(86)46-67)29-21-91(22-30-96(32-24-92)60-68-47-75(87)52-76(88)48-68)55-63-3-11-78(12-4-63)100-38-34-97-33-37-99-77-9-1-61(53-89)2-10-77/h1-16,41-52H,17-40,53-60H2. The summed E-state index contributed by atoms with van der Waals surface area (Å²) >= 11 is 0. The van der Waals surface area contributed by atoms with E-state index in [1.165, 1.54) is 48.5 Å². The summed E-state index contributed by atoms with van der Waals surface area (Å²) < 4.78 is 153. The smallest absolute Gasteiger partial charge is 0.126 e. The van der Waals surface area contributed by atoms with Crippen LogP contribution >= 0.6 is 0 Å². The molecule has 544 valence electrons. The van der Waals surface area contributed by atoms with Crippen molar-refractivity contribution in [3.05, 3.63) is 261 Å². The highest BCUT2D eigenvalue weighted by molar-refractivity contribution is 5.31. The van der Waals surface area contributed by atoms with Gasteiger partial charge in [0.05, 0.1) is 26.4 Å². The Balaban J connectivity index is 0.782. The number of rotatable bonds is 8. The summed E-state index contributed by atoms with van der Waals surface area (Å²) in [6.07, 6.45) is 0. The quantitative estimate of drug-likeness (QED) is 0.135. The van der Waals surface area contributed by atoms with Gasteiger partial charge in [-0.3, -0.25) is 39.2 Å². The van der Waals surface area contributed by atoms with Gasteiger partial charge in [0, 0.05) is 181 Å². The summed E-state index contributed by atoms with van der Waals surface area (Å²) in [4.78, 5) is 18.3. The molecule has 0 aromatic heterocycles. The molecule has 102 heavy (non-hydrogen) atoms. The van der Waals surface area contributed by atoms with Crippen molar-refractivity contribution in [1.82, 2.24) is 39.2 Å². The van der Waals surface area contributed by atoms with Crippen LogP contribution in [0.25, 0.3) is 0 Å². The molecule has 0 saturated carbocycles. The number of ether oxygens (including phenoxy) is 6. The Morgan fingerprint density at radius 1 is 0.216 bits per heavy atom. The molecule has 22 heteroatoms. The molecule has 0 N–H and O–H groups in total. The van der Waals surface area contributed by atoms with Crippen LogP contribution in [0.1, 0.15) is 44.5 Å². The van der Waals surface area contributed by atoms with Crippen molar-refractivity contribution < 1.29 is 63.5 Å². The fourth-order valence-electron chi connectivity index (χ4n) is 13.1. The summed E-state index contributed by atoms with van der Waals surface area (Å²) in [6, 6.07) is 46.4. The molecule has 2 saturated heterocycles. The van der Waals surface area contributed by atoms with E-state index in [1.807, 2.05) is 97.1 Å². The Morgan fingerprint density at radius 2 is 0.392 bits per heavy atom. The van der Waals surface area contributed by atoms with Gasteiger partial charge in [-0.05, 0) is 142 Å². The molecule has 24 rings (SSSR count). The van der Waals surface area contributed by atoms with Crippen molar-refractivity contribution in [3.8, 4) is 23.0 Å². The summed E-state index contributed by atoms with van der Waals surface area (Å²) in [5.41, 5.74) is 6.37. The second-order valence-corrected chi connectivity index (χ2v) is 26.5. The predicted molar refractivity (Wildman–Crippen MR) is 377 cm³/mol. The third kappa shape index (κ3) is 25.8. The Kier molecular flexibility index (Phi) is 28.8. The second kappa shape index (κ2) is 39.0. The van der Waals surface area contributed by atoms with Crippen LogP contribution in [0.15, 0.2) is 170 Å². The number of hydrogen-bond donors (Lipinski definition) is 0. The van der Waals surface area contributed by atoms with Gasteiger partial charge in [-0.2, -0.15) is 0 Å². The Hall–Kier alpha value is -8.00. The average Bonchev–Trinajstić information content (AvgIpc) is 0.897. The van der Waals surface area contributed by atoms with E-state index in [-0.39, 0.29) is 0 Å². The molecule has 8 aromatic carbocycles. The lowest BCUT2D eigenvalue weighted by molar-refractivity contribution is 0.0764. The van der Waals surface area contributed by atoms with E-state index >= 15 is 0 Å². The fraction of sp³-hybridized carbons (Fsp3) is 0.400. The molecule has 12 bridgehead atoms. The van der Waals surface area contributed by atoms with Crippen molar-refractivity contribution in [1.29, 1.82) is 0 Å². The molecular formula is C80H92F8N8O6. The van der Waals surface area contributed by atoms with Crippen LogP contribution in [0.2, 0.25) is 0 Å². The number of halogens is 8. The summed E-state index contributed by atoms with van der Waals surface area (Å²) in [5.74, 6) is -2.27. The Morgan fingerprint density at radius 3 is 0.569 bits per heavy atom. The molecule has 14 nitrogen and oxygen atoms in total. The Labute approximate surface area is 594 Å². The largest absolute Gasteiger partial charge is 0.491 e. The molecule has 0 unspecified atom stereocenters. The first kappa shape index (κ1) is 75.2. The number of benzene rings is 8. The van der Waals surface area contributed by atoms with E-state index in [0.29, 0.717) is 255 Å². The molecule has 0 aliphatic carbocycles. The highest BCUT2D eigenvalue weighted by atomic mass is 19.2. The number of nitrogens with zero attached hydrogens (tertiary/aromatic N) is 8. The van der Waals surface area contributed by atoms with Crippen LogP contribution in [0.5, 0.6) is 23.0 Å². The minimum atomic E-state index is -0.626. The molecule has 16 aliphatic heterocycles. The van der Waals surface area contributed by atoms with Crippen LogP contribution in [0.4, 0.5) is 35.1 Å². The molecule has 0 spiro atoms. The average molecular weight is 1410 g/mol. The molecule has 0 amide bonds. The highest BCUT2D eigenvalue weighted by Crippen LogP contribution is 2.23. The molecule has 8 aromatic rings. The lowest BCUT2D eigenvalue weighted by Crippen LogP contribution is -2.45. The highest BCUT2D eigenvalue weighted by Gasteiger charge is 2.23. The topological polar surface area (TPSA) is 81.3 Å². The maximum absolute atomic E-state index is 14.7. The molecule has 16 heterocycles. The van der Waals surface area contributed by atoms with E-state index in [0.717, 1.165) is 46.5 Å². The molecule has 16 aliphatic rings. The van der Waals surface area contributed by atoms with E-state index in [9.17, 15) is 35.1 Å². The normalized spacial score (nSPS) is 20.5. The minimum absolute atomic E-state index is 0.313. The van der Waals surface area contributed by atoms with Crippen molar-refractivity contribution >= 4 is 0 Å². The first-order valence-electron chi connectivity index (χ1n) is 35.3. The Bertz CT molecular complexity index is 3240. The minimum Gasteiger partial charge on any atom is -0.491 e. The van der Waals surface area contributed by atoms with E-state index in [4.69, 9.17) is 28.4 Å². The van der Waals surface area contributed by atoms with Gasteiger partial charge in [0.2, 0.25) is 0 Å². The molecule has 2 fully saturated rings. The van der Waals surface area contributed by atoms with Crippen LogP contribution in [0.3, 0.4) is 0 Å². The van der Waals surface area contributed by atoms with Crippen LogP contribution < -0.4 is 18.9 Å². The van der Waals surface area contributed by atoms with Gasteiger partial charge in [0.15, 0.2) is 0 Å². The zero-order chi connectivity index (χ0) is 70.8. The first-order chi connectivity index (χ1) is 49.6. The van der Waals surface area contributed by atoms with E-state index < -0.39 is 46.5 Å². The van der Waals surface area contributed by atoms with Gasteiger partial charge in [-0.15, -0.1) is 0 Å². The van der Waals surface area contributed by atoms with Gasteiger partial charge in [-0.1, -0.05) is 48.5 Å². The maximum Gasteiger partial charge on any atom is 0.126 e. The third-order valence-electron chi connectivity index (χ3n) is 18.5. The van der Waals surface area contributed by atoms with Gasteiger partial charge in [0.25, 0.3) is 0 Å². The summed E-state index contributed by atoms with van der Waals surface area (Å²) in [7, 11) is 0. The summed E-state index contributed by atoms with van der Waals surface area (Å²) in [6.45, 7) is 16.0. The molecule has 0 radical (unpaired) electrons. The van der Waals surface area contributed by atoms with Gasteiger partial charge < -0.3 is 28.4 Å². The third-order valence-corrected chi connectivity index (χ3v) is 18.5. The zero-order valence-electron chi connectivity index (χ0n) is 57.8. The first-order valence-corrected chi connectivity index (χ1v) is 35.3. The van der Waals surface area contributed by atoms with E-state index in [2.05, 4.69) is 39.2 Å². The van der Waals surface area contributed by atoms with Gasteiger partial charge in [0.1, 0.15) is 96.0 Å². The summed E-state index contributed by atoms with van der Waals surface area (Å²) in [5, 5.41) is 0. The van der Waals surface area contributed by atoms with Gasteiger partial charge >= 0.3 is 0 Å². The van der Waals surface area contributed by atoms with Crippen molar-refractivity contribution in [3.63, 3.8) is 0 Å². The molecular weight excluding hydrogens is 1320 g/mol. The fourth-order valence-corrected chi connectivity index (χ4v) is 13.1. The second-order valence-electron chi connectivity index (χ2n) is 26.5. The van der Waals surface area contributed by atoms with E-state index in [1.54, 1.807) is 0 Å². The maximum atomic E-state index is 14.7. The zero-order valence-corrected chi connectivity index (χ0v) is 57.8. The van der Waals surface area contributed by atoms with Crippen LogP contribution in [0, 0.1) is 46.5 Å². The van der Waals surface area contributed by atoms with Gasteiger partial charge in [-0.25, -0.2) is 35.1 Å². The lowest BCUT2D eigenvalue weighted by atomic mass is 10.1. The van der Waals surface area contributed by atoms with Crippen LogP contribution in [-0.2, 0) is 61.8 Å². The number of hydrogen-bond acceptors (Lipinski definition) is 14. The van der Waals surface area contributed by atoms with Crippen molar-refractivity contribution in [2.24, 2.45) is 0 Å².